The highest BCUT2D eigenvalue weighted by molar-refractivity contribution is 6.33. The molecule has 9 heteroatoms. The smallest absolute Gasteiger partial charge is 0.321 e. The zero-order valence-corrected chi connectivity index (χ0v) is 17.1. The molecule has 152 valence electrons. The Morgan fingerprint density at radius 1 is 1.18 bits per heavy atom. The number of hydrogen-bond acceptors (Lipinski definition) is 4. The lowest BCUT2D eigenvalue weighted by Crippen LogP contribution is -2.49. The van der Waals surface area contributed by atoms with Crippen LogP contribution in [0.4, 0.5) is 0 Å². The van der Waals surface area contributed by atoms with Gasteiger partial charge < -0.3 is 14.8 Å². The number of nitrogens with one attached hydrogen (secondary N) is 1. The van der Waals surface area contributed by atoms with Gasteiger partial charge in [0, 0.05) is 28.4 Å². The van der Waals surface area contributed by atoms with Crippen LogP contribution in [-0.4, -0.2) is 43.8 Å². The van der Waals surface area contributed by atoms with E-state index in [4.69, 9.17) is 23.2 Å². The second-order valence-electron chi connectivity index (χ2n) is 7.03. The molecule has 0 aliphatic heterocycles. The number of imidazole rings is 1. The molecule has 1 aromatic heterocycles. The van der Waals surface area contributed by atoms with Crippen LogP contribution in [0.1, 0.15) is 31.5 Å². The molecule has 3 N–H and O–H groups in total. The number of aliphatic carboxylic acids is 2. The monoisotopic (exact) mass is 427 g/mol. The number of carbonyl (C=O) groups is 2. The quantitative estimate of drug-likeness (QED) is 0.536. The van der Waals surface area contributed by atoms with E-state index in [0.717, 1.165) is 5.56 Å². The van der Waals surface area contributed by atoms with Gasteiger partial charge in [-0.15, -0.1) is 0 Å². The van der Waals surface area contributed by atoms with Crippen molar-refractivity contribution in [1.29, 1.82) is 0 Å². The summed E-state index contributed by atoms with van der Waals surface area (Å²) in [6.45, 7) is 4.14. The van der Waals surface area contributed by atoms with E-state index in [1.165, 1.54) is 0 Å². The van der Waals surface area contributed by atoms with Crippen LogP contribution in [-0.2, 0) is 22.6 Å². The summed E-state index contributed by atoms with van der Waals surface area (Å²) >= 11 is 12.2. The molecule has 2 unspecified atom stereocenters. The second kappa shape index (κ2) is 9.91. The van der Waals surface area contributed by atoms with Gasteiger partial charge in [0.1, 0.15) is 12.1 Å². The molecule has 0 bridgehead atoms. The van der Waals surface area contributed by atoms with Gasteiger partial charge in [-0.05, 0) is 36.1 Å². The average Bonchev–Trinajstić information content (AvgIpc) is 3.03. The fourth-order valence-corrected chi connectivity index (χ4v) is 3.26. The van der Waals surface area contributed by atoms with Crippen LogP contribution in [0, 0.1) is 5.92 Å². The summed E-state index contributed by atoms with van der Waals surface area (Å²) in [5.74, 6) is -2.08. The highest BCUT2D eigenvalue weighted by Gasteiger charge is 2.27. The van der Waals surface area contributed by atoms with Gasteiger partial charge in [0.25, 0.3) is 0 Å². The van der Waals surface area contributed by atoms with Crippen LogP contribution >= 0.6 is 23.2 Å². The molecular weight excluding hydrogens is 405 g/mol. The Hall–Kier alpha value is -2.09. The van der Waals surface area contributed by atoms with Gasteiger partial charge in [-0.1, -0.05) is 37.0 Å². The van der Waals surface area contributed by atoms with Crippen LogP contribution in [0.25, 0.3) is 0 Å². The molecule has 0 aliphatic carbocycles. The first kappa shape index (κ1) is 22.2. The Balaban J connectivity index is 2.18. The Morgan fingerprint density at radius 2 is 1.86 bits per heavy atom. The molecule has 0 saturated carbocycles. The summed E-state index contributed by atoms with van der Waals surface area (Å²) in [5, 5.41) is 22.8. The van der Waals surface area contributed by atoms with E-state index < -0.39 is 24.0 Å². The van der Waals surface area contributed by atoms with E-state index in [2.05, 4.69) is 10.3 Å². The van der Waals surface area contributed by atoms with Gasteiger partial charge in [-0.2, -0.15) is 0 Å². The molecule has 0 saturated heterocycles. The summed E-state index contributed by atoms with van der Waals surface area (Å²) in [4.78, 5) is 27.3. The zero-order valence-electron chi connectivity index (χ0n) is 15.6. The van der Waals surface area contributed by atoms with Crippen molar-refractivity contribution in [2.45, 2.75) is 45.3 Å². The first-order chi connectivity index (χ1) is 13.2. The molecule has 0 fully saturated rings. The largest absolute Gasteiger partial charge is 0.480 e. The Bertz CT molecular complexity index is 838. The first-order valence-electron chi connectivity index (χ1n) is 8.82. The molecule has 0 aliphatic rings. The summed E-state index contributed by atoms with van der Waals surface area (Å²) in [7, 11) is 0. The van der Waals surface area contributed by atoms with Crippen molar-refractivity contribution in [3.8, 4) is 0 Å². The molecule has 0 spiro atoms. The maximum Gasteiger partial charge on any atom is 0.321 e. The highest BCUT2D eigenvalue weighted by atomic mass is 35.5. The summed E-state index contributed by atoms with van der Waals surface area (Å²) in [5.41, 5.74) is 1.42. The summed E-state index contributed by atoms with van der Waals surface area (Å²) < 4.78 is 1.77. The molecule has 0 radical (unpaired) electrons. The number of carboxylic acids is 2. The van der Waals surface area contributed by atoms with Crippen molar-refractivity contribution in [3.63, 3.8) is 0 Å². The molecule has 2 atom stereocenters. The topological polar surface area (TPSA) is 104 Å². The van der Waals surface area contributed by atoms with E-state index in [1.807, 2.05) is 13.8 Å². The predicted molar refractivity (Wildman–Crippen MR) is 107 cm³/mol. The van der Waals surface area contributed by atoms with Gasteiger partial charge in [-0.25, -0.2) is 4.98 Å². The highest BCUT2D eigenvalue weighted by Crippen LogP contribution is 2.22. The minimum Gasteiger partial charge on any atom is -0.480 e. The van der Waals surface area contributed by atoms with Crippen LogP contribution in [0.3, 0.4) is 0 Å². The molecule has 2 aromatic rings. The van der Waals surface area contributed by atoms with Gasteiger partial charge >= 0.3 is 11.9 Å². The third-order valence-corrected chi connectivity index (χ3v) is 4.87. The van der Waals surface area contributed by atoms with E-state index in [9.17, 15) is 19.8 Å². The lowest BCUT2D eigenvalue weighted by molar-refractivity contribution is -0.142. The van der Waals surface area contributed by atoms with Crippen molar-refractivity contribution in [1.82, 2.24) is 14.9 Å². The standard InChI is InChI=1S/C19H23Cl2N3O4/c1-11(2)5-16(18(25)26)23-17(19(27)28)7-14-8-22-10-24(14)9-12-6-13(20)3-4-15(12)21/h3-4,6,8,10-11,16-17,23H,5,7,9H2,1-2H3,(H,25,26)(H,27,28). The van der Waals surface area contributed by atoms with Crippen LogP contribution < -0.4 is 5.32 Å². The normalized spacial score (nSPS) is 13.5. The maximum atomic E-state index is 11.7. The number of nitrogens with zero attached hydrogens (tertiary/aromatic N) is 2. The maximum absolute atomic E-state index is 11.7. The molecule has 1 heterocycles. The van der Waals surface area contributed by atoms with Crippen molar-refractivity contribution in [2.75, 3.05) is 0 Å². The Kier molecular flexibility index (Phi) is 7.86. The van der Waals surface area contributed by atoms with E-state index in [1.54, 1.807) is 35.3 Å². The summed E-state index contributed by atoms with van der Waals surface area (Å²) in [6.07, 6.45) is 3.55. The minimum absolute atomic E-state index is 0.0788. The first-order valence-corrected chi connectivity index (χ1v) is 9.57. The number of halogens is 2. The van der Waals surface area contributed by atoms with Crippen molar-refractivity contribution >= 4 is 35.1 Å². The zero-order chi connectivity index (χ0) is 20.8. The Morgan fingerprint density at radius 3 is 2.46 bits per heavy atom. The van der Waals surface area contributed by atoms with Crippen LogP contribution in [0.2, 0.25) is 10.0 Å². The number of hydrogen-bond donors (Lipinski definition) is 3. The average molecular weight is 428 g/mol. The molecule has 1 aromatic carbocycles. The molecule has 2 rings (SSSR count). The van der Waals surface area contributed by atoms with Gasteiger partial charge in [0.2, 0.25) is 0 Å². The third kappa shape index (κ3) is 6.22. The Labute approximate surface area is 173 Å². The lowest BCUT2D eigenvalue weighted by Gasteiger charge is -2.22. The minimum atomic E-state index is -1.12. The van der Waals surface area contributed by atoms with Crippen molar-refractivity contribution < 1.29 is 19.8 Å². The van der Waals surface area contributed by atoms with Crippen LogP contribution in [0.15, 0.2) is 30.7 Å². The number of rotatable bonds is 10. The fourth-order valence-electron chi connectivity index (χ4n) is 2.89. The second-order valence-corrected chi connectivity index (χ2v) is 7.87. The van der Waals surface area contributed by atoms with Gasteiger partial charge in [-0.3, -0.25) is 14.9 Å². The molecule has 0 amide bonds. The third-order valence-electron chi connectivity index (χ3n) is 4.27. The van der Waals surface area contributed by atoms with E-state index in [0.29, 0.717) is 28.7 Å². The van der Waals surface area contributed by atoms with Crippen LogP contribution in [0.5, 0.6) is 0 Å². The van der Waals surface area contributed by atoms with E-state index in [-0.39, 0.29) is 12.3 Å². The van der Waals surface area contributed by atoms with Gasteiger partial charge in [0.15, 0.2) is 0 Å². The fraction of sp³-hybridized carbons (Fsp3) is 0.421. The van der Waals surface area contributed by atoms with Gasteiger partial charge in [0.05, 0.1) is 12.9 Å². The molecule has 28 heavy (non-hydrogen) atoms. The van der Waals surface area contributed by atoms with E-state index >= 15 is 0 Å². The number of carboxylic acid groups (broad SMARTS) is 2. The molecule has 7 nitrogen and oxygen atoms in total. The SMILES string of the molecule is CC(C)CC(NC(Cc1cncn1Cc1cc(Cl)ccc1Cl)C(=O)O)C(=O)O. The number of benzene rings is 1. The molecular formula is C19H23Cl2N3O4. The van der Waals surface area contributed by atoms with Crippen molar-refractivity contribution in [2.24, 2.45) is 5.92 Å². The summed E-state index contributed by atoms with van der Waals surface area (Å²) in [6, 6.07) is 3.11. The van der Waals surface area contributed by atoms with Crippen molar-refractivity contribution in [3.05, 3.63) is 52.0 Å². The number of aromatic nitrogens is 2. The predicted octanol–water partition coefficient (Wildman–Crippen LogP) is 3.32. The lowest BCUT2D eigenvalue weighted by atomic mass is 10.0.